The third-order valence-electron chi connectivity index (χ3n) is 5.63. The van der Waals surface area contributed by atoms with Crippen molar-refractivity contribution in [1.29, 1.82) is 0 Å². The Labute approximate surface area is 162 Å². The molecule has 154 valence electrons. The molecule has 2 heterocycles. The molecular formula is C20H26F3N3O2. The zero-order valence-corrected chi connectivity index (χ0v) is 16.0. The van der Waals surface area contributed by atoms with E-state index in [1.54, 1.807) is 6.07 Å². The second kappa shape index (κ2) is 8.51. The van der Waals surface area contributed by atoms with Crippen LogP contribution in [0.1, 0.15) is 37.3 Å². The van der Waals surface area contributed by atoms with Crippen LogP contribution in [-0.2, 0) is 22.3 Å². The zero-order chi connectivity index (χ0) is 20.3. The van der Waals surface area contributed by atoms with Gasteiger partial charge in [-0.05, 0) is 43.6 Å². The van der Waals surface area contributed by atoms with Crippen LogP contribution in [0.4, 0.5) is 13.2 Å². The second-order valence-corrected chi connectivity index (χ2v) is 7.54. The highest BCUT2D eigenvalue weighted by atomic mass is 19.4. The highest BCUT2D eigenvalue weighted by Gasteiger charge is 2.35. The molecule has 2 saturated heterocycles. The number of nitrogens with one attached hydrogen (secondary N) is 1. The van der Waals surface area contributed by atoms with Crippen LogP contribution in [0.15, 0.2) is 24.3 Å². The quantitative estimate of drug-likeness (QED) is 0.803. The van der Waals surface area contributed by atoms with Gasteiger partial charge in [-0.25, -0.2) is 0 Å². The molecular weight excluding hydrogens is 371 g/mol. The first-order valence-corrected chi connectivity index (χ1v) is 9.73. The van der Waals surface area contributed by atoms with E-state index in [1.807, 2.05) is 0 Å². The number of halogens is 3. The standard InChI is InChI=1S/C20H26F3N3O2/c1-2-25-8-4-7-17(25)11-24-19(28)15-10-18(27)26(13-15)12-14-5-3-6-16(9-14)20(21,22)23/h3,5-6,9,15,17H,2,4,7-8,10-13H2,1H3,(H,24,28)/t15-,17-/m1/s1. The van der Waals surface area contributed by atoms with E-state index in [1.165, 1.54) is 11.0 Å². The Morgan fingerprint density at radius 1 is 1.32 bits per heavy atom. The van der Waals surface area contributed by atoms with Crippen LogP contribution in [0.2, 0.25) is 0 Å². The molecule has 0 aliphatic carbocycles. The number of carbonyl (C=O) groups excluding carboxylic acids is 2. The van der Waals surface area contributed by atoms with Crippen molar-refractivity contribution < 1.29 is 22.8 Å². The van der Waals surface area contributed by atoms with Gasteiger partial charge in [-0.2, -0.15) is 13.2 Å². The Morgan fingerprint density at radius 3 is 2.82 bits per heavy atom. The van der Waals surface area contributed by atoms with Gasteiger partial charge in [0.2, 0.25) is 11.8 Å². The van der Waals surface area contributed by atoms with Gasteiger partial charge in [0.25, 0.3) is 0 Å². The fraction of sp³-hybridized carbons (Fsp3) is 0.600. The van der Waals surface area contributed by atoms with Crippen LogP contribution in [-0.4, -0.2) is 53.8 Å². The number of likely N-dealkylation sites (N-methyl/N-ethyl adjacent to an activating group) is 1. The Morgan fingerprint density at radius 2 is 2.11 bits per heavy atom. The van der Waals surface area contributed by atoms with E-state index in [4.69, 9.17) is 0 Å². The van der Waals surface area contributed by atoms with Gasteiger partial charge < -0.3 is 10.2 Å². The molecule has 0 radical (unpaired) electrons. The lowest BCUT2D eigenvalue weighted by Gasteiger charge is -2.23. The van der Waals surface area contributed by atoms with E-state index in [-0.39, 0.29) is 31.3 Å². The van der Waals surface area contributed by atoms with Gasteiger partial charge in [-0.3, -0.25) is 14.5 Å². The van der Waals surface area contributed by atoms with E-state index in [0.717, 1.165) is 38.1 Å². The van der Waals surface area contributed by atoms with Gasteiger partial charge in [-0.15, -0.1) is 0 Å². The first-order chi connectivity index (χ1) is 13.3. The number of nitrogens with zero attached hydrogens (tertiary/aromatic N) is 2. The molecule has 0 saturated carbocycles. The molecule has 1 aromatic rings. The van der Waals surface area contributed by atoms with Gasteiger partial charge in [-0.1, -0.05) is 19.1 Å². The number of rotatable bonds is 6. The molecule has 3 rings (SSSR count). The van der Waals surface area contributed by atoms with Crippen molar-refractivity contribution in [2.45, 2.75) is 44.9 Å². The second-order valence-electron chi connectivity index (χ2n) is 7.54. The number of amides is 2. The number of benzene rings is 1. The van der Waals surface area contributed by atoms with Gasteiger partial charge >= 0.3 is 6.18 Å². The number of hydrogen-bond acceptors (Lipinski definition) is 3. The first kappa shape index (κ1) is 20.6. The molecule has 2 atom stereocenters. The molecule has 2 fully saturated rings. The molecule has 0 spiro atoms. The number of likely N-dealkylation sites (tertiary alicyclic amines) is 2. The average Bonchev–Trinajstić information content (AvgIpc) is 3.26. The summed E-state index contributed by atoms with van der Waals surface area (Å²) < 4.78 is 38.6. The zero-order valence-electron chi connectivity index (χ0n) is 16.0. The van der Waals surface area contributed by atoms with Crippen molar-refractivity contribution in [3.8, 4) is 0 Å². The van der Waals surface area contributed by atoms with Crippen LogP contribution in [0.5, 0.6) is 0 Å². The lowest BCUT2D eigenvalue weighted by atomic mass is 10.1. The summed E-state index contributed by atoms with van der Waals surface area (Å²) in [6.45, 7) is 4.99. The SMILES string of the molecule is CCN1CCC[C@@H]1CNC(=O)[C@@H]1CC(=O)N(Cc2cccc(C(F)(F)F)c2)C1. The maximum atomic E-state index is 12.9. The first-order valence-electron chi connectivity index (χ1n) is 9.73. The average molecular weight is 397 g/mol. The van der Waals surface area contributed by atoms with Gasteiger partial charge in [0.1, 0.15) is 0 Å². The molecule has 1 N–H and O–H groups in total. The third kappa shape index (κ3) is 4.84. The van der Waals surface area contributed by atoms with E-state index in [2.05, 4.69) is 17.1 Å². The summed E-state index contributed by atoms with van der Waals surface area (Å²) >= 11 is 0. The summed E-state index contributed by atoms with van der Waals surface area (Å²) in [7, 11) is 0. The van der Waals surface area contributed by atoms with Crippen molar-refractivity contribution >= 4 is 11.8 Å². The monoisotopic (exact) mass is 397 g/mol. The molecule has 0 aromatic heterocycles. The third-order valence-corrected chi connectivity index (χ3v) is 5.63. The van der Waals surface area contributed by atoms with E-state index in [9.17, 15) is 22.8 Å². The van der Waals surface area contributed by atoms with Crippen molar-refractivity contribution in [2.24, 2.45) is 5.92 Å². The summed E-state index contributed by atoms with van der Waals surface area (Å²) in [6.07, 6.45) is -2.13. The summed E-state index contributed by atoms with van der Waals surface area (Å²) in [5.74, 6) is -0.800. The molecule has 8 heteroatoms. The molecule has 0 unspecified atom stereocenters. The fourth-order valence-corrected chi connectivity index (χ4v) is 4.07. The summed E-state index contributed by atoms with van der Waals surface area (Å²) in [4.78, 5) is 28.5. The van der Waals surface area contributed by atoms with Crippen molar-refractivity contribution in [1.82, 2.24) is 15.1 Å². The molecule has 0 bridgehead atoms. The van der Waals surface area contributed by atoms with Crippen molar-refractivity contribution in [3.63, 3.8) is 0 Å². The van der Waals surface area contributed by atoms with Crippen LogP contribution in [0, 0.1) is 5.92 Å². The normalized spacial score (nSPS) is 23.4. The highest BCUT2D eigenvalue weighted by molar-refractivity contribution is 5.89. The number of alkyl halides is 3. The molecule has 5 nitrogen and oxygen atoms in total. The maximum absolute atomic E-state index is 12.9. The molecule has 1 aromatic carbocycles. The van der Waals surface area contributed by atoms with E-state index < -0.39 is 17.7 Å². The van der Waals surface area contributed by atoms with Crippen LogP contribution in [0.25, 0.3) is 0 Å². The minimum Gasteiger partial charge on any atom is -0.354 e. The van der Waals surface area contributed by atoms with Gasteiger partial charge in [0.15, 0.2) is 0 Å². The van der Waals surface area contributed by atoms with E-state index >= 15 is 0 Å². The number of carbonyl (C=O) groups is 2. The summed E-state index contributed by atoms with van der Waals surface area (Å²) in [5, 5.41) is 2.96. The van der Waals surface area contributed by atoms with Crippen LogP contribution >= 0.6 is 0 Å². The molecule has 2 amide bonds. The molecule has 2 aliphatic rings. The predicted molar refractivity (Wildman–Crippen MR) is 98.2 cm³/mol. The summed E-state index contributed by atoms with van der Waals surface area (Å²) in [6, 6.07) is 5.31. The molecule has 2 aliphatic heterocycles. The van der Waals surface area contributed by atoms with Crippen LogP contribution < -0.4 is 5.32 Å². The Balaban J connectivity index is 1.54. The van der Waals surface area contributed by atoms with E-state index in [0.29, 0.717) is 18.2 Å². The van der Waals surface area contributed by atoms with Crippen molar-refractivity contribution in [2.75, 3.05) is 26.2 Å². The minimum atomic E-state index is -4.42. The highest BCUT2D eigenvalue weighted by Crippen LogP contribution is 2.30. The van der Waals surface area contributed by atoms with Crippen molar-refractivity contribution in [3.05, 3.63) is 35.4 Å². The summed E-state index contributed by atoms with van der Waals surface area (Å²) in [5.41, 5.74) is -0.322. The lowest BCUT2D eigenvalue weighted by Crippen LogP contribution is -2.42. The van der Waals surface area contributed by atoms with Gasteiger partial charge in [0, 0.05) is 32.1 Å². The number of hydrogen-bond donors (Lipinski definition) is 1. The molecule has 28 heavy (non-hydrogen) atoms. The predicted octanol–water partition coefficient (Wildman–Crippen LogP) is 2.65. The Kier molecular flexibility index (Phi) is 6.27. The topological polar surface area (TPSA) is 52.7 Å². The van der Waals surface area contributed by atoms with Gasteiger partial charge in [0.05, 0.1) is 11.5 Å². The largest absolute Gasteiger partial charge is 0.416 e. The minimum absolute atomic E-state index is 0.0821. The fourth-order valence-electron chi connectivity index (χ4n) is 4.07. The van der Waals surface area contributed by atoms with Crippen LogP contribution in [0.3, 0.4) is 0 Å². The Bertz CT molecular complexity index is 723. The lowest BCUT2D eigenvalue weighted by molar-refractivity contribution is -0.137. The smallest absolute Gasteiger partial charge is 0.354 e. The Hall–Kier alpha value is -2.09. The maximum Gasteiger partial charge on any atom is 0.416 e.